The van der Waals surface area contributed by atoms with Crippen molar-refractivity contribution < 1.29 is 8.42 Å². The molecule has 2 N–H and O–H groups in total. The Kier molecular flexibility index (Phi) is 5.36. The van der Waals surface area contributed by atoms with Gasteiger partial charge in [0.15, 0.2) is 0 Å². The van der Waals surface area contributed by atoms with Crippen LogP contribution in [0.3, 0.4) is 0 Å². The van der Waals surface area contributed by atoms with Gasteiger partial charge in [0.05, 0.1) is 0 Å². The number of hydrogen-bond donors (Lipinski definition) is 1. The highest BCUT2D eigenvalue weighted by Crippen LogP contribution is 2.36. The zero-order chi connectivity index (χ0) is 16.1. The summed E-state index contributed by atoms with van der Waals surface area (Å²) in [5, 5.41) is 1.48. The largest absolute Gasteiger partial charge is 0.327 e. The lowest BCUT2D eigenvalue weighted by molar-refractivity contribution is 0.156. The van der Waals surface area contributed by atoms with E-state index in [2.05, 4.69) is 0 Å². The van der Waals surface area contributed by atoms with Crippen LogP contribution in [0.25, 0.3) is 10.1 Å². The molecule has 0 radical (unpaired) electrons. The van der Waals surface area contributed by atoms with Gasteiger partial charge in [0.25, 0.3) is 10.0 Å². The minimum Gasteiger partial charge on any atom is -0.327 e. The SMILES string of the molecule is CC1(C)CN(S(=O)(=O)c2cc3cc(Cl)ccc3s2)CCC1N.Cl. The van der Waals surface area contributed by atoms with Crippen molar-refractivity contribution >= 4 is 55.5 Å². The van der Waals surface area contributed by atoms with Gasteiger partial charge in [-0.05, 0) is 41.5 Å². The van der Waals surface area contributed by atoms with Gasteiger partial charge in [-0.25, -0.2) is 8.42 Å². The molecule has 3 rings (SSSR count). The molecular weight excluding hydrogens is 375 g/mol. The summed E-state index contributed by atoms with van der Waals surface area (Å²) in [6.45, 7) is 4.96. The first-order valence-corrected chi connectivity index (χ1v) is 9.78. The fourth-order valence-electron chi connectivity index (χ4n) is 2.77. The van der Waals surface area contributed by atoms with Crippen molar-refractivity contribution in [3.05, 3.63) is 29.3 Å². The van der Waals surface area contributed by atoms with E-state index in [1.807, 2.05) is 19.9 Å². The molecule has 0 saturated carbocycles. The summed E-state index contributed by atoms with van der Waals surface area (Å²) in [6.07, 6.45) is 0.683. The molecule has 23 heavy (non-hydrogen) atoms. The highest BCUT2D eigenvalue weighted by molar-refractivity contribution is 7.91. The van der Waals surface area contributed by atoms with E-state index >= 15 is 0 Å². The standard InChI is InChI=1S/C15H19ClN2O2S2.ClH/c1-15(2)9-18(6-5-13(15)17)22(19,20)14-8-10-7-11(16)3-4-12(10)21-14;/h3-4,7-8,13H,5-6,9,17H2,1-2H3;1H. The Labute approximate surface area is 152 Å². The molecule has 4 nitrogen and oxygen atoms in total. The van der Waals surface area contributed by atoms with E-state index in [1.54, 1.807) is 22.5 Å². The van der Waals surface area contributed by atoms with Crippen LogP contribution < -0.4 is 5.73 Å². The Morgan fingerprint density at radius 2 is 2.04 bits per heavy atom. The summed E-state index contributed by atoms with van der Waals surface area (Å²) in [6, 6.07) is 7.17. The first kappa shape index (κ1) is 19.0. The maximum Gasteiger partial charge on any atom is 0.252 e. The van der Waals surface area contributed by atoms with E-state index in [1.165, 1.54) is 11.3 Å². The van der Waals surface area contributed by atoms with Gasteiger partial charge in [0.1, 0.15) is 4.21 Å². The minimum absolute atomic E-state index is 0. The third-order valence-corrected chi connectivity index (χ3v) is 7.97. The Bertz CT molecular complexity index is 818. The van der Waals surface area contributed by atoms with Crippen molar-refractivity contribution in [3.8, 4) is 0 Å². The first-order chi connectivity index (χ1) is 10.2. The third-order valence-electron chi connectivity index (χ3n) is 4.33. The normalized spacial score (nSPS) is 22.0. The Hall–Kier alpha value is -0.370. The van der Waals surface area contributed by atoms with Gasteiger partial charge in [-0.3, -0.25) is 0 Å². The van der Waals surface area contributed by atoms with Crippen LogP contribution >= 0.6 is 35.3 Å². The van der Waals surface area contributed by atoms with Crippen molar-refractivity contribution in [3.63, 3.8) is 0 Å². The molecule has 1 aromatic carbocycles. The average Bonchev–Trinajstić information content (AvgIpc) is 2.85. The lowest BCUT2D eigenvalue weighted by atomic mass is 9.81. The first-order valence-electron chi connectivity index (χ1n) is 7.15. The molecule has 1 fully saturated rings. The van der Waals surface area contributed by atoms with Crippen LogP contribution in [0.5, 0.6) is 0 Å². The van der Waals surface area contributed by atoms with E-state index < -0.39 is 10.0 Å². The van der Waals surface area contributed by atoms with E-state index in [0.29, 0.717) is 28.7 Å². The number of halogens is 2. The van der Waals surface area contributed by atoms with Crippen LogP contribution in [-0.4, -0.2) is 31.9 Å². The minimum atomic E-state index is -3.48. The molecule has 2 aromatic rings. The molecule has 1 aromatic heterocycles. The highest BCUT2D eigenvalue weighted by Gasteiger charge is 2.39. The molecule has 1 aliphatic heterocycles. The number of fused-ring (bicyclic) bond motifs is 1. The second kappa shape index (κ2) is 6.50. The quantitative estimate of drug-likeness (QED) is 0.843. The molecule has 8 heteroatoms. The summed E-state index contributed by atoms with van der Waals surface area (Å²) in [5.41, 5.74) is 5.88. The molecular formula is C15H20Cl2N2O2S2. The van der Waals surface area contributed by atoms with Crippen LogP contribution in [0.4, 0.5) is 0 Å². The highest BCUT2D eigenvalue weighted by atomic mass is 35.5. The molecule has 0 spiro atoms. The fraction of sp³-hybridized carbons (Fsp3) is 0.467. The van der Waals surface area contributed by atoms with Crippen LogP contribution in [0.15, 0.2) is 28.5 Å². The lowest BCUT2D eigenvalue weighted by Gasteiger charge is -2.41. The Morgan fingerprint density at radius 3 is 2.70 bits per heavy atom. The summed E-state index contributed by atoms with van der Waals surface area (Å²) >= 11 is 7.26. The van der Waals surface area contributed by atoms with Gasteiger partial charge in [-0.1, -0.05) is 25.4 Å². The number of sulfonamides is 1. The van der Waals surface area contributed by atoms with Crippen molar-refractivity contribution in [2.24, 2.45) is 11.1 Å². The van der Waals surface area contributed by atoms with Crippen LogP contribution in [-0.2, 0) is 10.0 Å². The van der Waals surface area contributed by atoms with Gasteiger partial charge in [-0.2, -0.15) is 4.31 Å². The number of benzene rings is 1. The van der Waals surface area contributed by atoms with Gasteiger partial charge >= 0.3 is 0 Å². The summed E-state index contributed by atoms with van der Waals surface area (Å²) in [7, 11) is -3.48. The fourth-order valence-corrected chi connectivity index (χ4v) is 6.11. The second-order valence-electron chi connectivity index (χ2n) is 6.47. The molecule has 2 heterocycles. The predicted molar refractivity (Wildman–Crippen MR) is 99.2 cm³/mol. The second-order valence-corrected chi connectivity index (χ2v) is 10.2. The molecule has 1 saturated heterocycles. The van der Waals surface area contributed by atoms with Crippen LogP contribution in [0.2, 0.25) is 5.02 Å². The van der Waals surface area contributed by atoms with Gasteiger partial charge < -0.3 is 5.73 Å². The van der Waals surface area contributed by atoms with Crippen LogP contribution in [0.1, 0.15) is 20.3 Å². The van der Waals surface area contributed by atoms with Crippen molar-refractivity contribution in [1.29, 1.82) is 0 Å². The molecule has 128 valence electrons. The third kappa shape index (κ3) is 3.52. The topological polar surface area (TPSA) is 63.4 Å². The summed E-state index contributed by atoms with van der Waals surface area (Å²) in [4.78, 5) is 0. The van der Waals surface area contributed by atoms with Gasteiger partial charge in [0.2, 0.25) is 0 Å². The van der Waals surface area contributed by atoms with Crippen LogP contribution in [0, 0.1) is 5.41 Å². The maximum absolute atomic E-state index is 12.9. The summed E-state index contributed by atoms with van der Waals surface area (Å²) in [5.74, 6) is 0. The maximum atomic E-state index is 12.9. The molecule has 1 aliphatic rings. The van der Waals surface area contributed by atoms with Gasteiger partial charge in [-0.15, -0.1) is 23.7 Å². The number of rotatable bonds is 2. The van der Waals surface area contributed by atoms with Crippen molar-refractivity contribution in [2.45, 2.75) is 30.5 Å². The smallest absolute Gasteiger partial charge is 0.252 e. The number of nitrogens with two attached hydrogens (primary N) is 1. The monoisotopic (exact) mass is 394 g/mol. The number of thiophene rings is 1. The van der Waals surface area contributed by atoms with E-state index in [9.17, 15) is 8.42 Å². The Balaban J connectivity index is 0.00000192. The van der Waals surface area contributed by atoms with E-state index in [0.717, 1.165) is 10.1 Å². The lowest BCUT2D eigenvalue weighted by Crippen LogP contribution is -2.53. The zero-order valence-corrected chi connectivity index (χ0v) is 16.2. The van der Waals surface area contributed by atoms with E-state index in [-0.39, 0.29) is 23.9 Å². The average molecular weight is 395 g/mol. The number of hydrogen-bond acceptors (Lipinski definition) is 4. The molecule has 0 amide bonds. The van der Waals surface area contributed by atoms with Gasteiger partial charge in [0, 0.05) is 28.9 Å². The molecule has 1 unspecified atom stereocenters. The van der Waals surface area contributed by atoms with Crippen molar-refractivity contribution in [1.82, 2.24) is 4.31 Å². The molecule has 1 atom stereocenters. The number of piperidine rings is 1. The predicted octanol–water partition coefficient (Wildman–Crippen LogP) is 3.72. The molecule has 0 bridgehead atoms. The number of nitrogens with zero attached hydrogens (tertiary/aromatic N) is 1. The Morgan fingerprint density at radius 1 is 1.35 bits per heavy atom. The zero-order valence-electron chi connectivity index (χ0n) is 13.0. The summed E-state index contributed by atoms with van der Waals surface area (Å²) < 4.78 is 28.7. The van der Waals surface area contributed by atoms with E-state index in [4.69, 9.17) is 17.3 Å². The molecule has 0 aliphatic carbocycles. The van der Waals surface area contributed by atoms with Crippen molar-refractivity contribution in [2.75, 3.05) is 13.1 Å².